The summed E-state index contributed by atoms with van der Waals surface area (Å²) in [5.41, 5.74) is 3.86. The maximum atomic E-state index is 13.5. The third-order valence-corrected chi connectivity index (χ3v) is 5.72. The maximum Gasteiger partial charge on any atom is 0.196 e. The monoisotopic (exact) mass is 415 g/mol. The number of rotatable bonds is 6. The summed E-state index contributed by atoms with van der Waals surface area (Å²) in [7, 11) is 0. The Kier molecular flexibility index (Phi) is 5.03. The summed E-state index contributed by atoms with van der Waals surface area (Å²) < 4.78 is 17.5. The predicted molar refractivity (Wildman–Crippen MR) is 115 cm³/mol. The van der Waals surface area contributed by atoms with Gasteiger partial charge in [0.2, 0.25) is 0 Å². The third kappa shape index (κ3) is 3.84. The lowest BCUT2D eigenvalue weighted by Crippen LogP contribution is -2.04. The molecule has 3 heterocycles. The third-order valence-electron chi connectivity index (χ3n) is 4.75. The van der Waals surface area contributed by atoms with E-state index in [1.54, 1.807) is 23.9 Å². The summed E-state index contributed by atoms with van der Waals surface area (Å²) in [6.45, 7) is 0. The maximum absolute atomic E-state index is 13.5. The fourth-order valence-electron chi connectivity index (χ4n) is 3.33. The van der Waals surface area contributed by atoms with E-state index >= 15 is 0 Å². The molecule has 0 saturated heterocycles. The molecule has 0 fully saturated rings. The van der Waals surface area contributed by atoms with Crippen LogP contribution >= 0.6 is 11.8 Å². The van der Waals surface area contributed by atoms with E-state index in [9.17, 15) is 4.39 Å². The standard InChI is InChI=1S/C23H18FN5S/c24-18-9-11-20(12-10-18)29-22(14-17-6-2-1-3-7-17)26-27-23(29)30-16-19-15-28-13-5-4-8-21(28)25-19/h1-13,15H,14,16H2. The molecule has 0 aliphatic carbocycles. The number of fused-ring (bicyclic) bond motifs is 1. The molecule has 5 aromatic rings. The van der Waals surface area contributed by atoms with Crippen molar-refractivity contribution in [3.8, 4) is 5.69 Å². The molecule has 3 aromatic heterocycles. The van der Waals surface area contributed by atoms with Crippen molar-refractivity contribution in [2.24, 2.45) is 0 Å². The van der Waals surface area contributed by atoms with E-state index in [-0.39, 0.29) is 5.82 Å². The summed E-state index contributed by atoms with van der Waals surface area (Å²) in [6, 6.07) is 22.5. The van der Waals surface area contributed by atoms with Crippen LogP contribution in [0.3, 0.4) is 0 Å². The molecule has 30 heavy (non-hydrogen) atoms. The summed E-state index contributed by atoms with van der Waals surface area (Å²) in [5.74, 6) is 1.20. The van der Waals surface area contributed by atoms with E-state index in [1.807, 2.05) is 57.8 Å². The molecule has 0 bridgehead atoms. The van der Waals surface area contributed by atoms with Gasteiger partial charge in [0.1, 0.15) is 17.3 Å². The first-order valence-corrected chi connectivity index (χ1v) is 10.5. The zero-order chi connectivity index (χ0) is 20.3. The number of halogens is 1. The highest BCUT2D eigenvalue weighted by molar-refractivity contribution is 7.98. The fraction of sp³-hybridized carbons (Fsp3) is 0.0870. The zero-order valence-corrected chi connectivity index (χ0v) is 16.8. The van der Waals surface area contributed by atoms with Crippen LogP contribution in [0.4, 0.5) is 4.39 Å². The van der Waals surface area contributed by atoms with Gasteiger partial charge in [-0.25, -0.2) is 9.37 Å². The van der Waals surface area contributed by atoms with Crippen LogP contribution in [0.25, 0.3) is 11.3 Å². The minimum absolute atomic E-state index is 0.268. The van der Waals surface area contributed by atoms with Crippen LogP contribution in [0.15, 0.2) is 90.3 Å². The number of hydrogen-bond acceptors (Lipinski definition) is 4. The van der Waals surface area contributed by atoms with E-state index in [0.29, 0.717) is 12.2 Å². The normalized spacial score (nSPS) is 11.2. The molecule has 5 rings (SSSR count). The van der Waals surface area contributed by atoms with E-state index in [1.165, 1.54) is 12.1 Å². The Labute approximate surface area is 177 Å². The second kappa shape index (κ2) is 8.12. The van der Waals surface area contributed by atoms with E-state index in [2.05, 4.69) is 27.3 Å². The number of nitrogens with zero attached hydrogens (tertiary/aromatic N) is 5. The molecular formula is C23H18FN5S. The molecule has 148 valence electrons. The summed E-state index contributed by atoms with van der Waals surface area (Å²) in [4.78, 5) is 4.65. The van der Waals surface area contributed by atoms with Crippen molar-refractivity contribution in [2.75, 3.05) is 0 Å². The van der Waals surface area contributed by atoms with Crippen molar-refractivity contribution < 1.29 is 4.39 Å². The lowest BCUT2D eigenvalue weighted by molar-refractivity contribution is 0.627. The average Bonchev–Trinajstić information content (AvgIpc) is 3.37. The fourth-order valence-corrected chi connectivity index (χ4v) is 4.19. The Morgan fingerprint density at radius 1 is 0.867 bits per heavy atom. The highest BCUT2D eigenvalue weighted by atomic mass is 32.2. The van der Waals surface area contributed by atoms with Gasteiger partial charge in [-0.3, -0.25) is 4.57 Å². The SMILES string of the molecule is Fc1ccc(-n2c(Cc3ccccc3)nnc2SCc2cn3ccccc3n2)cc1. The molecule has 0 aliphatic heterocycles. The topological polar surface area (TPSA) is 48.0 Å². The van der Waals surface area contributed by atoms with Crippen LogP contribution in [0.5, 0.6) is 0 Å². The van der Waals surface area contributed by atoms with Gasteiger partial charge in [-0.05, 0) is 42.0 Å². The second-order valence-electron chi connectivity index (χ2n) is 6.86. The first-order chi connectivity index (χ1) is 14.8. The summed E-state index contributed by atoms with van der Waals surface area (Å²) in [5, 5.41) is 9.62. The second-order valence-corrected chi connectivity index (χ2v) is 7.80. The van der Waals surface area contributed by atoms with Gasteiger partial charge in [0.15, 0.2) is 5.16 Å². The lowest BCUT2D eigenvalue weighted by Gasteiger charge is -2.10. The van der Waals surface area contributed by atoms with Gasteiger partial charge in [-0.2, -0.15) is 0 Å². The van der Waals surface area contributed by atoms with Crippen LogP contribution in [0, 0.1) is 5.82 Å². The van der Waals surface area contributed by atoms with Gasteiger partial charge in [0, 0.05) is 30.3 Å². The van der Waals surface area contributed by atoms with Crippen molar-refractivity contribution in [3.63, 3.8) is 0 Å². The highest BCUT2D eigenvalue weighted by Crippen LogP contribution is 2.26. The van der Waals surface area contributed by atoms with Gasteiger partial charge in [-0.15, -0.1) is 10.2 Å². The molecule has 0 saturated carbocycles. The Hall–Kier alpha value is -3.45. The predicted octanol–water partition coefficient (Wildman–Crippen LogP) is 4.94. The van der Waals surface area contributed by atoms with Crippen LogP contribution in [0.2, 0.25) is 0 Å². The number of hydrogen-bond donors (Lipinski definition) is 0. The number of imidazole rings is 1. The van der Waals surface area contributed by atoms with Gasteiger partial charge in [0.05, 0.1) is 5.69 Å². The first kappa shape index (κ1) is 18.6. The van der Waals surface area contributed by atoms with Gasteiger partial charge < -0.3 is 4.40 Å². The smallest absolute Gasteiger partial charge is 0.196 e. The molecule has 0 amide bonds. The molecule has 0 N–H and O–H groups in total. The molecule has 0 radical (unpaired) electrons. The first-order valence-electron chi connectivity index (χ1n) is 9.56. The number of benzene rings is 2. The van der Waals surface area contributed by atoms with Crippen molar-refractivity contribution in [1.82, 2.24) is 24.1 Å². The molecule has 0 unspecified atom stereocenters. The van der Waals surface area contributed by atoms with Gasteiger partial charge in [0.25, 0.3) is 0 Å². The minimum Gasteiger partial charge on any atom is -0.307 e. The largest absolute Gasteiger partial charge is 0.307 e. The zero-order valence-electron chi connectivity index (χ0n) is 16.0. The number of pyridine rings is 1. The Morgan fingerprint density at radius 3 is 2.47 bits per heavy atom. The molecule has 0 spiro atoms. The van der Waals surface area contributed by atoms with E-state index in [4.69, 9.17) is 0 Å². The Morgan fingerprint density at radius 2 is 1.67 bits per heavy atom. The van der Waals surface area contributed by atoms with E-state index < -0.39 is 0 Å². The van der Waals surface area contributed by atoms with Crippen LogP contribution in [0.1, 0.15) is 17.1 Å². The Balaban J connectivity index is 1.46. The quantitative estimate of drug-likeness (QED) is 0.369. The molecule has 0 aliphatic rings. The molecule has 7 heteroatoms. The van der Waals surface area contributed by atoms with Crippen LogP contribution in [-0.4, -0.2) is 24.1 Å². The number of aromatic nitrogens is 5. The molecule has 5 nitrogen and oxygen atoms in total. The number of thioether (sulfide) groups is 1. The van der Waals surface area contributed by atoms with Gasteiger partial charge in [-0.1, -0.05) is 48.2 Å². The van der Waals surface area contributed by atoms with Crippen molar-refractivity contribution >= 4 is 17.4 Å². The van der Waals surface area contributed by atoms with Crippen molar-refractivity contribution in [1.29, 1.82) is 0 Å². The molecule has 2 aromatic carbocycles. The molecule has 0 atom stereocenters. The van der Waals surface area contributed by atoms with Crippen LogP contribution in [-0.2, 0) is 12.2 Å². The van der Waals surface area contributed by atoms with E-state index in [0.717, 1.165) is 33.6 Å². The van der Waals surface area contributed by atoms with Crippen molar-refractivity contribution in [3.05, 3.63) is 108 Å². The minimum atomic E-state index is -0.268. The summed E-state index contributed by atoms with van der Waals surface area (Å²) >= 11 is 1.57. The highest BCUT2D eigenvalue weighted by Gasteiger charge is 2.16. The average molecular weight is 415 g/mol. The lowest BCUT2D eigenvalue weighted by atomic mass is 10.1. The Bertz CT molecular complexity index is 1250. The molecular weight excluding hydrogens is 397 g/mol. The van der Waals surface area contributed by atoms with Gasteiger partial charge >= 0.3 is 0 Å². The van der Waals surface area contributed by atoms with Crippen LogP contribution < -0.4 is 0 Å². The van der Waals surface area contributed by atoms with Crippen molar-refractivity contribution in [2.45, 2.75) is 17.3 Å². The summed E-state index contributed by atoms with van der Waals surface area (Å²) in [6.07, 6.45) is 4.64.